The summed E-state index contributed by atoms with van der Waals surface area (Å²) in [5, 5.41) is 2.93. The van der Waals surface area contributed by atoms with Crippen LogP contribution < -0.4 is 5.32 Å². The highest BCUT2D eigenvalue weighted by Gasteiger charge is 2.30. The first kappa shape index (κ1) is 20.5. The van der Waals surface area contributed by atoms with Gasteiger partial charge in [-0.05, 0) is 42.7 Å². The molecule has 28 heavy (non-hydrogen) atoms. The van der Waals surface area contributed by atoms with Crippen LogP contribution in [0.15, 0.2) is 41.8 Å². The van der Waals surface area contributed by atoms with Gasteiger partial charge in [0.1, 0.15) is 0 Å². The van der Waals surface area contributed by atoms with Crippen molar-refractivity contribution in [2.75, 3.05) is 19.6 Å². The summed E-state index contributed by atoms with van der Waals surface area (Å²) in [6, 6.07) is 8.50. The van der Waals surface area contributed by atoms with Crippen LogP contribution in [0, 0.1) is 5.92 Å². The lowest BCUT2D eigenvalue weighted by Crippen LogP contribution is -2.39. The lowest BCUT2D eigenvalue weighted by molar-refractivity contribution is -0.118. The van der Waals surface area contributed by atoms with Crippen molar-refractivity contribution in [3.63, 3.8) is 0 Å². The maximum Gasteiger partial charge on any atom is 0.262 e. The second-order valence-electron chi connectivity index (χ2n) is 7.48. The Bertz CT molecular complexity index is 898. The quantitative estimate of drug-likeness (QED) is 0.762. The molecular weight excluding hydrogens is 376 g/mol. The largest absolute Gasteiger partial charge is 0.356 e. The number of nitrogens with one attached hydrogen (secondary N) is 1. The van der Waals surface area contributed by atoms with E-state index >= 15 is 0 Å². The molecule has 0 spiro atoms. The number of rotatable bonds is 7. The summed E-state index contributed by atoms with van der Waals surface area (Å²) in [6.45, 7) is 3.25. The van der Waals surface area contributed by atoms with Crippen molar-refractivity contribution >= 4 is 15.9 Å². The smallest absolute Gasteiger partial charge is 0.262 e. The topological polar surface area (TPSA) is 84.3 Å². The molecule has 0 saturated carbocycles. The van der Waals surface area contributed by atoms with Gasteiger partial charge >= 0.3 is 0 Å². The van der Waals surface area contributed by atoms with Gasteiger partial charge in [-0.3, -0.25) is 4.79 Å². The van der Waals surface area contributed by atoms with E-state index < -0.39 is 10.0 Å². The third-order valence-corrected chi connectivity index (χ3v) is 6.98. The Morgan fingerprint density at radius 2 is 1.82 bits per heavy atom. The fraction of sp³-hybridized carbons (Fsp3) is 0.500. The van der Waals surface area contributed by atoms with E-state index in [9.17, 15) is 13.2 Å². The summed E-state index contributed by atoms with van der Waals surface area (Å²) in [4.78, 5) is 14.9. The molecule has 152 valence electrons. The zero-order valence-corrected chi connectivity index (χ0v) is 17.3. The van der Waals surface area contributed by atoms with Gasteiger partial charge < -0.3 is 9.88 Å². The number of hydrogen-bond donors (Lipinski definition) is 1. The van der Waals surface area contributed by atoms with Crippen molar-refractivity contribution in [2.45, 2.75) is 37.6 Å². The SMILES string of the molecule is CC(=O)NCCc1ccc(CC2CCN(S(=O)(=O)c3cn(C)cn3)CC2)cc1. The number of amides is 1. The van der Waals surface area contributed by atoms with Crippen LogP contribution >= 0.6 is 0 Å². The molecule has 1 aromatic carbocycles. The van der Waals surface area contributed by atoms with Crippen LogP contribution in [-0.4, -0.2) is 47.8 Å². The maximum absolute atomic E-state index is 12.7. The number of piperidine rings is 1. The molecule has 0 radical (unpaired) electrons. The van der Waals surface area contributed by atoms with Crippen LogP contribution in [0.4, 0.5) is 0 Å². The minimum absolute atomic E-state index is 0.00646. The Morgan fingerprint density at radius 1 is 1.18 bits per heavy atom. The fourth-order valence-electron chi connectivity index (χ4n) is 3.57. The average Bonchev–Trinajstić information content (AvgIpc) is 3.11. The van der Waals surface area contributed by atoms with Gasteiger partial charge in [0, 0.05) is 39.8 Å². The van der Waals surface area contributed by atoms with Crippen LogP contribution in [0.5, 0.6) is 0 Å². The molecule has 1 aliphatic rings. The van der Waals surface area contributed by atoms with E-state index in [-0.39, 0.29) is 10.9 Å². The van der Waals surface area contributed by atoms with Crippen molar-refractivity contribution in [3.8, 4) is 0 Å². The van der Waals surface area contributed by atoms with Gasteiger partial charge in [0.15, 0.2) is 5.03 Å². The number of nitrogens with zero attached hydrogens (tertiary/aromatic N) is 3. The van der Waals surface area contributed by atoms with E-state index in [2.05, 4.69) is 34.6 Å². The second-order valence-corrected chi connectivity index (χ2v) is 9.36. The van der Waals surface area contributed by atoms with Gasteiger partial charge in [-0.1, -0.05) is 24.3 Å². The van der Waals surface area contributed by atoms with Gasteiger partial charge in [0.25, 0.3) is 10.0 Å². The summed E-state index contributed by atoms with van der Waals surface area (Å²) >= 11 is 0. The maximum atomic E-state index is 12.7. The highest BCUT2D eigenvalue weighted by molar-refractivity contribution is 7.89. The van der Waals surface area contributed by atoms with E-state index in [4.69, 9.17) is 0 Å². The number of sulfonamides is 1. The summed E-state index contributed by atoms with van der Waals surface area (Å²) in [7, 11) is -1.72. The van der Waals surface area contributed by atoms with Crippen LogP contribution in [0.3, 0.4) is 0 Å². The normalized spacial score (nSPS) is 16.2. The van der Waals surface area contributed by atoms with Crippen LogP contribution in [0.25, 0.3) is 0 Å². The van der Waals surface area contributed by atoms with Crippen molar-refractivity contribution < 1.29 is 13.2 Å². The lowest BCUT2D eigenvalue weighted by atomic mass is 9.90. The molecule has 1 saturated heterocycles. The molecule has 0 atom stereocenters. The van der Waals surface area contributed by atoms with Gasteiger partial charge in [0.2, 0.25) is 5.91 Å². The predicted octanol–water partition coefficient (Wildman–Crippen LogP) is 1.74. The van der Waals surface area contributed by atoms with E-state index in [1.54, 1.807) is 22.1 Å². The molecule has 1 fully saturated rings. The summed E-state index contributed by atoms with van der Waals surface area (Å²) in [5.41, 5.74) is 2.48. The number of carbonyl (C=O) groups is 1. The van der Waals surface area contributed by atoms with E-state index in [1.165, 1.54) is 24.4 Å². The van der Waals surface area contributed by atoms with Crippen LogP contribution in [0.1, 0.15) is 30.9 Å². The van der Waals surface area contributed by atoms with Crippen LogP contribution in [0.2, 0.25) is 0 Å². The Labute approximate surface area is 166 Å². The predicted molar refractivity (Wildman–Crippen MR) is 107 cm³/mol. The Morgan fingerprint density at radius 3 is 2.39 bits per heavy atom. The molecular formula is C20H28N4O3S. The molecule has 3 rings (SSSR count). The fourth-order valence-corrected chi connectivity index (χ4v) is 5.00. The van der Waals surface area contributed by atoms with Crippen molar-refractivity contribution in [1.29, 1.82) is 0 Å². The van der Waals surface area contributed by atoms with Gasteiger partial charge in [-0.25, -0.2) is 13.4 Å². The second kappa shape index (κ2) is 8.87. The number of aromatic nitrogens is 2. The standard InChI is InChI=1S/C20H28N4O3S/c1-16(25)21-10-7-17-3-5-18(6-4-17)13-19-8-11-24(12-9-19)28(26,27)20-14-23(2)15-22-20/h3-6,14-15,19H,7-13H2,1-2H3,(H,21,25). The Balaban J connectivity index is 1.49. The number of carbonyl (C=O) groups excluding carboxylic acids is 1. The van der Waals surface area contributed by atoms with Crippen molar-refractivity contribution in [1.82, 2.24) is 19.2 Å². The van der Waals surface area contributed by atoms with Gasteiger partial charge in [-0.15, -0.1) is 0 Å². The molecule has 0 bridgehead atoms. The molecule has 8 heteroatoms. The zero-order chi connectivity index (χ0) is 20.1. The Hall–Kier alpha value is -2.19. The van der Waals surface area contributed by atoms with Crippen LogP contribution in [-0.2, 0) is 34.7 Å². The molecule has 1 N–H and O–H groups in total. The summed E-state index contributed by atoms with van der Waals surface area (Å²) < 4.78 is 28.5. The minimum atomic E-state index is -3.49. The number of aryl methyl sites for hydroxylation is 1. The monoisotopic (exact) mass is 404 g/mol. The van der Waals surface area contributed by atoms with Gasteiger partial charge in [0.05, 0.1) is 6.33 Å². The molecule has 1 aliphatic heterocycles. The molecule has 7 nitrogen and oxygen atoms in total. The van der Waals surface area contributed by atoms with Gasteiger partial charge in [-0.2, -0.15) is 4.31 Å². The first-order valence-electron chi connectivity index (χ1n) is 9.65. The molecule has 0 aliphatic carbocycles. The first-order chi connectivity index (χ1) is 13.3. The average molecular weight is 405 g/mol. The Kier molecular flexibility index (Phi) is 6.51. The lowest BCUT2D eigenvalue weighted by Gasteiger charge is -2.30. The third kappa shape index (κ3) is 5.20. The molecule has 1 aromatic heterocycles. The van der Waals surface area contributed by atoms with E-state index in [1.807, 2.05) is 0 Å². The molecule has 2 aromatic rings. The highest BCUT2D eigenvalue weighted by atomic mass is 32.2. The summed E-state index contributed by atoms with van der Waals surface area (Å²) in [6.07, 6.45) is 6.56. The number of imidazole rings is 1. The first-order valence-corrected chi connectivity index (χ1v) is 11.1. The van der Waals surface area contributed by atoms with Crippen molar-refractivity contribution in [2.24, 2.45) is 13.0 Å². The molecule has 1 amide bonds. The number of benzene rings is 1. The summed E-state index contributed by atoms with van der Waals surface area (Å²) in [5.74, 6) is 0.480. The highest BCUT2D eigenvalue weighted by Crippen LogP contribution is 2.25. The van der Waals surface area contributed by atoms with E-state index in [0.717, 1.165) is 25.7 Å². The molecule has 2 heterocycles. The molecule has 0 unspecified atom stereocenters. The number of hydrogen-bond acceptors (Lipinski definition) is 4. The minimum Gasteiger partial charge on any atom is -0.356 e. The zero-order valence-electron chi connectivity index (χ0n) is 16.5. The third-order valence-electron chi connectivity index (χ3n) is 5.19. The van der Waals surface area contributed by atoms with Crippen molar-refractivity contribution in [3.05, 3.63) is 47.9 Å². The van der Waals surface area contributed by atoms with E-state index in [0.29, 0.717) is 25.6 Å².